The average molecular weight is 544 g/mol. The number of rotatable bonds is 7. The van der Waals surface area contributed by atoms with E-state index < -0.39 is 0 Å². The van der Waals surface area contributed by atoms with E-state index in [2.05, 4.69) is 26.6 Å². The number of thiocarbonyl (C=S) groups is 1. The van der Waals surface area contributed by atoms with E-state index in [0.29, 0.717) is 16.5 Å². The second kappa shape index (κ2) is 11.0. The van der Waals surface area contributed by atoms with Gasteiger partial charge in [0.1, 0.15) is 12.4 Å². The number of carbonyl (C=O) groups is 1. The Morgan fingerprint density at radius 2 is 1.87 bits per heavy atom. The highest BCUT2D eigenvalue weighted by Crippen LogP contribution is 2.44. The fourth-order valence-corrected chi connectivity index (χ4v) is 5.64. The van der Waals surface area contributed by atoms with Crippen LogP contribution in [-0.4, -0.2) is 34.3 Å². The third-order valence-corrected chi connectivity index (χ3v) is 7.33. The minimum absolute atomic E-state index is 0.0211. The van der Waals surface area contributed by atoms with Crippen molar-refractivity contribution in [1.29, 1.82) is 0 Å². The molecule has 7 nitrogen and oxygen atoms in total. The van der Waals surface area contributed by atoms with Gasteiger partial charge in [-0.25, -0.2) is 4.39 Å². The predicted molar refractivity (Wildman–Crippen MR) is 155 cm³/mol. The summed E-state index contributed by atoms with van der Waals surface area (Å²) >= 11 is 5.89. The van der Waals surface area contributed by atoms with Crippen LogP contribution in [0.25, 0.3) is 5.69 Å². The number of aryl methyl sites for hydroxylation is 2. The van der Waals surface area contributed by atoms with Gasteiger partial charge in [-0.15, -0.1) is 0 Å². The zero-order valence-electron chi connectivity index (χ0n) is 22.2. The molecule has 2 aromatic heterocycles. The highest BCUT2D eigenvalue weighted by molar-refractivity contribution is 7.80. The number of hydrogen-bond donors (Lipinski definition) is 2. The maximum absolute atomic E-state index is 14.9. The van der Waals surface area contributed by atoms with Crippen molar-refractivity contribution in [3.8, 4) is 5.69 Å². The summed E-state index contributed by atoms with van der Waals surface area (Å²) in [6.45, 7) is 5.90. The first kappa shape index (κ1) is 26.5. The highest BCUT2D eigenvalue weighted by Gasteiger charge is 2.42. The zero-order valence-corrected chi connectivity index (χ0v) is 23.1. The van der Waals surface area contributed by atoms with Crippen LogP contribution in [0.1, 0.15) is 40.3 Å². The Morgan fingerprint density at radius 3 is 2.56 bits per heavy atom. The molecule has 200 valence electrons. The van der Waals surface area contributed by atoms with Gasteiger partial charge in [-0.05, 0) is 92.6 Å². The number of hydrogen-bond acceptors (Lipinski definition) is 4. The number of halogens is 1. The van der Waals surface area contributed by atoms with Crippen molar-refractivity contribution in [2.24, 2.45) is 0 Å². The predicted octanol–water partition coefficient (Wildman–Crippen LogP) is 5.70. The fourth-order valence-electron chi connectivity index (χ4n) is 5.30. The van der Waals surface area contributed by atoms with Gasteiger partial charge in [0.05, 0.1) is 23.5 Å². The molecule has 1 fully saturated rings. The van der Waals surface area contributed by atoms with Crippen LogP contribution in [0.5, 0.6) is 0 Å². The molecule has 5 rings (SSSR count). The summed E-state index contributed by atoms with van der Waals surface area (Å²) in [6, 6.07) is 20.0. The Balaban J connectivity index is 1.62. The molecule has 0 spiro atoms. The number of para-hydroxylation sites is 1. The quantitative estimate of drug-likeness (QED) is 0.292. The van der Waals surface area contributed by atoms with Crippen LogP contribution >= 0.6 is 12.2 Å². The molecule has 39 heavy (non-hydrogen) atoms. The summed E-state index contributed by atoms with van der Waals surface area (Å²) < 4.78 is 21.8. The average Bonchev–Trinajstić information content (AvgIpc) is 3.41. The Morgan fingerprint density at radius 1 is 1.10 bits per heavy atom. The third-order valence-electron chi connectivity index (χ3n) is 7.02. The topological polar surface area (TPSA) is 71.4 Å². The summed E-state index contributed by atoms with van der Waals surface area (Å²) in [7, 11) is 1.48. The van der Waals surface area contributed by atoms with Gasteiger partial charge in [0.2, 0.25) is 5.91 Å². The Kier molecular flexibility index (Phi) is 7.45. The van der Waals surface area contributed by atoms with E-state index in [1.165, 1.54) is 13.2 Å². The lowest BCUT2D eigenvalue weighted by Crippen LogP contribution is -2.29. The first-order valence-corrected chi connectivity index (χ1v) is 13.0. The van der Waals surface area contributed by atoms with Crippen molar-refractivity contribution < 1.29 is 13.9 Å². The van der Waals surface area contributed by atoms with Crippen LogP contribution in [-0.2, 0) is 9.53 Å². The van der Waals surface area contributed by atoms with Crippen LogP contribution in [0.2, 0.25) is 0 Å². The summed E-state index contributed by atoms with van der Waals surface area (Å²) in [6.07, 6.45) is 1.77. The van der Waals surface area contributed by atoms with Crippen LogP contribution in [0, 0.1) is 26.6 Å². The molecule has 1 amide bonds. The van der Waals surface area contributed by atoms with E-state index in [4.69, 9.17) is 17.0 Å². The standard InChI is InChI=1S/C30H30FN5O2S/c1-18-15-21(12-13-24(18)33-27(37)17-38-4)36-29(28(34-30(36)39)25-10-7-8-14-32-25)22-16-19(2)35(20(22)3)26-11-6-5-9-23(26)31/h5-16,28-29H,17H2,1-4H3,(H,33,37)(H,34,39)/t28-,29+/m1/s1. The van der Waals surface area contributed by atoms with E-state index >= 15 is 0 Å². The van der Waals surface area contributed by atoms with Gasteiger partial charge < -0.3 is 24.8 Å². The normalized spacial score (nSPS) is 16.8. The van der Waals surface area contributed by atoms with Crippen LogP contribution in [0.15, 0.2) is 72.9 Å². The van der Waals surface area contributed by atoms with Gasteiger partial charge in [-0.1, -0.05) is 18.2 Å². The fraction of sp³-hybridized carbons (Fsp3) is 0.233. The smallest absolute Gasteiger partial charge is 0.250 e. The van der Waals surface area contributed by atoms with Gasteiger partial charge in [0, 0.05) is 36.1 Å². The first-order valence-electron chi connectivity index (χ1n) is 12.6. The molecule has 2 aromatic carbocycles. The van der Waals surface area contributed by atoms with Crippen LogP contribution < -0.4 is 15.5 Å². The molecule has 0 saturated carbocycles. The largest absolute Gasteiger partial charge is 0.375 e. The van der Waals surface area contributed by atoms with Crippen molar-refractivity contribution >= 4 is 34.6 Å². The molecule has 1 saturated heterocycles. The summed E-state index contributed by atoms with van der Waals surface area (Å²) in [5.74, 6) is -0.508. The second-order valence-corrected chi connectivity index (χ2v) is 9.98. The molecule has 1 aliphatic heterocycles. The molecule has 9 heteroatoms. The lowest BCUT2D eigenvalue weighted by molar-refractivity contribution is -0.119. The number of amides is 1. The monoisotopic (exact) mass is 543 g/mol. The third kappa shape index (κ3) is 5.03. The molecule has 3 heterocycles. The Hall–Kier alpha value is -4.08. The minimum Gasteiger partial charge on any atom is -0.375 e. The van der Waals surface area contributed by atoms with E-state index in [9.17, 15) is 9.18 Å². The lowest BCUT2D eigenvalue weighted by atomic mass is 9.96. The van der Waals surface area contributed by atoms with Crippen molar-refractivity contribution in [2.45, 2.75) is 32.9 Å². The number of nitrogens with zero attached hydrogens (tertiary/aromatic N) is 3. The number of anilines is 2. The molecular formula is C30H30FN5O2S. The number of aromatic nitrogens is 2. The molecular weight excluding hydrogens is 513 g/mol. The number of nitrogens with one attached hydrogen (secondary N) is 2. The molecule has 0 aliphatic carbocycles. The summed E-state index contributed by atoms with van der Waals surface area (Å²) in [5.41, 5.74) is 6.65. The van der Waals surface area contributed by atoms with Crippen LogP contribution in [0.3, 0.4) is 0 Å². The van der Waals surface area contributed by atoms with E-state index in [0.717, 1.165) is 33.9 Å². The molecule has 0 radical (unpaired) electrons. The molecule has 0 unspecified atom stereocenters. The van der Waals surface area contributed by atoms with Gasteiger partial charge in [-0.2, -0.15) is 0 Å². The summed E-state index contributed by atoms with van der Waals surface area (Å²) in [5, 5.41) is 6.92. The lowest BCUT2D eigenvalue weighted by Gasteiger charge is -2.29. The Bertz CT molecular complexity index is 1540. The molecule has 2 N–H and O–H groups in total. The molecule has 0 bridgehead atoms. The number of methoxy groups -OCH3 is 1. The SMILES string of the molecule is COCC(=O)Nc1ccc(N2C(=S)N[C@H](c3ccccn3)[C@@H]2c2cc(C)n(-c3ccccc3F)c2C)cc1C. The van der Waals surface area contributed by atoms with Crippen molar-refractivity contribution in [3.63, 3.8) is 0 Å². The van der Waals surface area contributed by atoms with E-state index in [1.807, 2.05) is 67.8 Å². The van der Waals surface area contributed by atoms with E-state index in [1.54, 1.807) is 18.3 Å². The first-order chi connectivity index (χ1) is 18.8. The summed E-state index contributed by atoms with van der Waals surface area (Å²) in [4.78, 5) is 18.8. The van der Waals surface area contributed by atoms with Gasteiger partial charge in [0.25, 0.3) is 0 Å². The zero-order chi connectivity index (χ0) is 27.7. The van der Waals surface area contributed by atoms with Crippen LogP contribution in [0.4, 0.5) is 15.8 Å². The number of pyridine rings is 1. The number of carbonyl (C=O) groups excluding carboxylic acids is 1. The van der Waals surface area contributed by atoms with E-state index in [-0.39, 0.29) is 30.4 Å². The Labute approximate surface area is 232 Å². The highest BCUT2D eigenvalue weighted by atomic mass is 32.1. The maximum atomic E-state index is 14.9. The van der Waals surface area contributed by atoms with Crippen molar-refractivity contribution in [1.82, 2.24) is 14.9 Å². The van der Waals surface area contributed by atoms with Crippen molar-refractivity contribution in [2.75, 3.05) is 23.9 Å². The molecule has 2 atom stereocenters. The van der Waals surface area contributed by atoms with Gasteiger partial charge >= 0.3 is 0 Å². The number of benzene rings is 2. The maximum Gasteiger partial charge on any atom is 0.250 e. The molecule has 1 aliphatic rings. The van der Waals surface area contributed by atoms with Gasteiger partial charge in [0.15, 0.2) is 5.11 Å². The van der Waals surface area contributed by atoms with Crippen molar-refractivity contribution in [3.05, 3.63) is 107 Å². The second-order valence-electron chi connectivity index (χ2n) is 9.59. The molecule has 4 aromatic rings. The van der Waals surface area contributed by atoms with Gasteiger partial charge in [-0.3, -0.25) is 9.78 Å². The number of ether oxygens (including phenoxy) is 1. The minimum atomic E-state index is -0.286.